The number of nitrogens with one attached hydrogen (secondary N) is 1. The molecular formula is C13H11F3N2O3. The SMILES string of the molecule is COc1cccc(OC)c1-c1cc(C(F)(F)F)[nH]c(=O)n1. The van der Waals surface area contributed by atoms with Gasteiger partial charge in [-0.05, 0) is 18.2 Å². The van der Waals surface area contributed by atoms with Crippen molar-refractivity contribution in [3.63, 3.8) is 0 Å². The van der Waals surface area contributed by atoms with Gasteiger partial charge in [0.1, 0.15) is 17.2 Å². The highest BCUT2D eigenvalue weighted by atomic mass is 19.4. The topological polar surface area (TPSA) is 64.2 Å². The van der Waals surface area contributed by atoms with Crippen LogP contribution in [-0.4, -0.2) is 24.2 Å². The summed E-state index contributed by atoms with van der Waals surface area (Å²) < 4.78 is 48.5. The standard InChI is InChI=1S/C13H11F3N2O3/c1-20-8-4-3-5-9(21-2)11(8)7-6-10(13(14,15)16)18-12(19)17-7/h3-6H,1-2H3,(H,17,18,19). The third-order valence-corrected chi connectivity index (χ3v) is 2.73. The molecule has 112 valence electrons. The molecule has 21 heavy (non-hydrogen) atoms. The number of halogens is 3. The van der Waals surface area contributed by atoms with E-state index in [9.17, 15) is 18.0 Å². The molecule has 1 N–H and O–H groups in total. The molecule has 1 aromatic heterocycles. The first-order chi connectivity index (χ1) is 9.86. The minimum atomic E-state index is -4.69. The predicted octanol–water partition coefficient (Wildman–Crippen LogP) is 2.47. The molecule has 0 bridgehead atoms. The van der Waals surface area contributed by atoms with Crippen LogP contribution in [0.3, 0.4) is 0 Å². The number of hydrogen-bond donors (Lipinski definition) is 1. The molecular weight excluding hydrogens is 289 g/mol. The van der Waals surface area contributed by atoms with E-state index in [1.165, 1.54) is 26.4 Å². The van der Waals surface area contributed by atoms with E-state index in [4.69, 9.17) is 9.47 Å². The number of benzene rings is 1. The lowest BCUT2D eigenvalue weighted by molar-refractivity contribution is -0.141. The summed E-state index contributed by atoms with van der Waals surface area (Å²) in [6.07, 6.45) is -4.69. The second-order valence-electron chi connectivity index (χ2n) is 4.02. The van der Waals surface area contributed by atoms with Crippen LogP contribution in [0, 0.1) is 0 Å². The van der Waals surface area contributed by atoms with Gasteiger partial charge < -0.3 is 14.5 Å². The Kier molecular flexibility index (Phi) is 3.88. The number of alkyl halides is 3. The number of ether oxygens (including phenoxy) is 2. The number of methoxy groups -OCH3 is 2. The van der Waals surface area contributed by atoms with Crippen LogP contribution in [0.5, 0.6) is 11.5 Å². The fourth-order valence-corrected chi connectivity index (χ4v) is 1.84. The summed E-state index contributed by atoms with van der Waals surface area (Å²) in [5, 5.41) is 0. The van der Waals surface area contributed by atoms with Crippen molar-refractivity contribution in [2.75, 3.05) is 14.2 Å². The predicted molar refractivity (Wildman–Crippen MR) is 68.4 cm³/mol. The highest BCUT2D eigenvalue weighted by molar-refractivity contribution is 5.74. The van der Waals surface area contributed by atoms with Gasteiger partial charge in [-0.1, -0.05) is 6.07 Å². The highest BCUT2D eigenvalue weighted by Gasteiger charge is 2.33. The van der Waals surface area contributed by atoms with Crippen molar-refractivity contribution in [2.24, 2.45) is 0 Å². The van der Waals surface area contributed by atoms with Crippen LogP contribution < -0.4 is 15.2 Å². The molecule has 0 amide bonds. The monoisotopic (exact) mass is 300 g/mol. The number of H-pyrrole nitrogens is 1. The van der Waals surface area contributed by atoms with Gasteiger partial charge >= 0.3 is 11.9 Å². The molecule has 8 heteroatoms. The van der Waals surface area contributed by atoms with Gasteiger partial charge in [-0.3, -0.25) is 0 Å². The van der Waals surface area contributed by atoms with E-state index in [2.05, 4.69) is 4.98 Å². The first-order valence-corrected chi connectivity index (χ1v) is 5.76. The molecule has 0 aliphatic rings. The van der Waals surface area contributed by atoms with E-state index in [1.54, 1.807) is 11.1 Å². The summed E-state index contributed by atoms with van der Waals surface area (Å²) in [7, 11) is 2.71. The maximum absolute atomic E-state index is 12.8. The van der Waals surface area contributed by atoms with Crippen LogP contribution in [-0.2, 0) is 6.18 Å². The van der Waals surface area contributed by atoms with Crippen LogP contribution in [0.25, 0.3) is 11.3 Å². The Hall–Kier alpha value is -2.51. The molecule has 1 aromatic carbocycles. The number of hydrogen-bond acceptors (Lipinski definition) is 4. The Morgan fingerprint density at radius 2 is 1.71 bits per heavy atom. The molecule has 0 saturated heterocycles. The minimum absolute atomic E-state index is 0.180. The second-order valence-corrected chi connectivity index (χ2v) is 4.02. The molecule has 0 saturated carbocycles. The average molecular weight is 300 g/mol. The molecule has 5 nitrogen and oxygen atoms in total. The van der Waals surface area contributed by atoms with E-state index in [-0.39, 0.29) is 22.8 Å². The largest absolute Gasteiger partial charge is 0.496 e. The van der Waals surface area contributed by atoms with Gasteiger partial charge in [-0.2, -0.15) is 18.2 Å². The third-order valence-electron chi connectivity index (χ3n) is 2.73. The van der Waals surface area contributed by atoms with Gasteiger partial charge in [0.25, 0.3) is 0 Å². The Labute approximate surface area is 117 Å². The molecule has 0 fully saturated rings. The molecule has 1 heterocycles. The van der Waals surface area contributed by atoms with Crippen LogP contribution in [0.1, 0.15) is 5.69 Å². The van der Waals surface area contributed by atoms with Crippen molar-refractivity contribution in [1.82, 2.24) is 9.97 Å². The zero-order valence-corrected chi connectivity index (χ0v) is 11.1. The first kappa shape index (κ1) is 14.9. The summed E-state index contributed by atoms with van der Waals surface area (Å²) in [5.41, 5.74) is -2.29. The maximum Gasteiger partial charge on any atom is 0.431 e. The van der Waals surface area contributed by atoms with Gasteiger partial charge in [0, 0.05) is 0 Å². The number of rotatable bonds is 3. The zero-order valence-electron chi connectivity index (χ0n) is 11.1. The summed E-state index contributed by atoms with van der Waals surface area (Å²) in [5.74, 6) is 0.501. The Bertz CT molecular complexity index is 688. The van der Waals surface area contributed by atoms with Crippen LogP contribution >= 0.6 is 0 Å². The van der Waals surface area contributed by atoms with Crippen molar-refractivity contribution in [3.05, 3.63) is 40.4 Å². The Morgan fingerprint density at radius 1 is 1.14 bits per heavy atom. The molecule has 2 aromatic rings. The molecule has 0 aliphatic heterocycles. The summed E-state index contributed by atoms with van der Waals surface area (Å²) in [4.78, 5) is 16.6. The number of aromatic nitrogens is 2. The lowest BCUT2D eigenvalue weighted by Gasteiger charge is -2.13. The van der Waals surface area contributed by atoms with Crippen LogP contribution in [0.15, 0.2) is 29.1 Å². The highest BCUT2D eigenvalue weighted by Crippen LogP contribution is 2.38. The second kappa shape index (κ2) is 5.47. The summed E-state index contributed by atoms with van der Waals surface area (Å²) in [6.45, 7) is 0. The molecule has 0 unspecified atom stereocenters. The van der Waals surface area contributed by atoms with Gasteiger partial charge in [0.2, 0.25) is 0 Å². The molecule has 0 aliphatic carbocycles. The van der Waals surface area contributed by atoms with E-state index in [0.29, 0.717) is 0 Å². The number of nitrogens with zero attached hydrogens (tertiary/aromatic N) is 1. The Balaban J connectivity index is 2.73. The van der Waals surface area contributed by atoms with Crippen LogP contribution in [0.4, 0.5) is 13.2 Å². The van der Waals surface area contributed by atoms with Gasteiger partial charge in [0.05, 0.1) is 25.5 Å². The molecule has 0 spiro atoms. The third kappa shape index (κ3) is 2.99. The van der Waals surface area contributed by atoms with E-state index in [0.717, 1.165) is 6.07 Å². The molecule has 0 radical (unpaired) electrons. The zero-order chi connectivity index (χ0) is 15.6. The summed E-state index contributed by atoms with van der Waals surface area (Å²) >= 11 is 0. The number of aromatic amines is 1. The van der Waals surface area contributed by atoms with Gasteiger partial charge in [-0.25, -0.2) is 4.79 Å². The average Bonchev–Trinajstić information content (AvgIpc) is 2.44. The van der Waals surface area contributed by atoms with Gasteiger partial charge in [-0.15, -0.1) is 0 Å². The Morgan fingerprint density at radius 3 is 2.19 bits per heavy atom. The van der Waals surface area contributed by atoms with Crippen molar-refractivity contribution < 1.29 is 22.6 Å². The van der Waals surface area contributed by atoms with Crippen LogP contribution in [0.2, 0.25) is 0 Å². The maximum atomic E-state index is 12.8. The van der Waals surface area contributed by atoms with Gasteiger partial charge in [0.15, 0.2) is 0 Å². The summed E-state index contributed by atoms with van der Waals surface area (Å²) in [6, 6.07) is 5.42. The quantitative estimate of drug-likeness (QED) is 0.945. The fourth-order valence-electron chi connectivity index (χ4n) is 1.84. The smallest absolute Gasteiger partial charge is 0.431 e. The lowest BCUT2D eigenvalue weighted by atomic mass is 10.1. The minimum Gasteiger partial charge on any atom is -0.496 e. The van der Waals surface area contributed by atoms with Crippen molar-refractivity contribution in [1.29, 1.82) is 0 Å². The van der Waals surface area contributed by atoms with E-state index in [1.807, 2.05) is 0 Å². The molecule has 2 rings (SSSR count). The normalized spacial score (nSPS) is 11.3. The van der Waals surface area contributed by atoms with E-state index < -0.39 is 17.6 Å². The first-order valence-electron chi connectivity index (χ1n) is 5.76. The van der Waals surface area contributed by atoms with E-state index >= 15 is 0 Å². The lowest BCUT2D eigenvalue weighted by Crippen LogP contribution is -2.19. The fraction of sp³-hybridized carbons (Fsp3) is 0.231. The van der Waals surface area contributed by atoms with Crippen molar-refractivity contribution >= 4 is 0 Å². The van der Waals surface area contributed by atoms with Crippen molar-refractivity contribution in [3.8, 4) is 22.8 Å². The molecule has 0 atom stereocenters. The van der Waals surface area contributed by atoms with Crippen molar-refractivity contribution in [2.45, 2.75) is 6.18 Å².